The van der Waals surface area contributed by atoms with Crippen molar-refractivity contribution in [3.8, 4) is 5.75 Å². The van der Waals surface area contributed by atoms with Crippen LogP contribution in [0.2, 0.25) is 0 Å². The van der Waals surface area contributed by atoms with Crippen molar-refractivity contribution >= 4 is 16.7 Å². The number of phenols is 1. The summed E-state index contributed by atoms with van der Waals surface area (Å²) in [6.45, 7) is 9.09. The largest absolute Gasteiger partial charge is 0.508 e. The lowest BCUT2D eigenvalue weighted by Crippen LogP contribution is -2.11. The molecule has 3 nitrogen and oxygen atoms in total. The van der Waals surface area contributed by atoms with Crippen LogP contribution in [0.15, 0.2) is 48.5 Å². The molecule has 1 aromatic heterocycles. The van der Waals surface area contributed by atoms with Crippen LogP contribution in [-0.4, -0.2) is 15.5 Å². The normalized spacial score (nSPS) is 11.6. The lowest BCUT2D eigenvalue weighted by Gasteiger charge is -2.15. The molecular weight excluding hydrogens is 322 g/mol. The number of ketones is 1. The number of aromatic nitrogens is 1. The number of hydrogen-bond acceptors (Lipinski definition) is 2. The van der Waals surface area contributed by atoms with Crippen molar-refractivity contribution in [1.82, 2.24) is 4.57 Å². The highest BCUT2D eigenvalue weighted by Crippen LogP contribution is 2.35. The molecule has 0 saturated carbocycles. The SMILES string of the molecule is CC(C)CC(=O)c1c(C(C)C)n(Cc2ccccc2)c2ccc(O)cc12. The minimum atomic E-state index is 0.158. The van der Waals surface area contributed by atoms with Crippen LogP contribution in [-0.2, 0) is 6.54 Å². The van der Waals surface area contributed by atoms with Gasteiger partial charge in [0.05, 0.1) is 0 Å². The van der Waals surface area contributed by atoms with Crippen molar-refractivity contribution in [2.45, 2.75) is 46.6 Å². The average Bonchev–Trinajstić information content (AvgIpc) is 2.89. The Hall–Kier alpha value is -2.55. The molecule has 0 aliphatic rings. The van der Waals surface area contributed by atoms with Gasteiger partial charge in [-0.25, -0.2) is 0 Å². The number of carbonyl (C=O) groups excluding carboxylic acids is 1. The Bertz CT molecular complexity index is 920. The first-order valence-electron chi connectivity index (χ1n) is 9.30. The Labute approximate surface area is 155 Å². The molecule has 1 N–H and O–H groups in total. The fourth-order valence-electron chi connectivity index (χ4n) is 3.66. The van der Waals surface area contributed by atoms with Crippen LogP contribution in [0.1, 0.15) is 61.6 Å². The Balaban J connectivity index is 2.25. The summed E-state index contributed by atoms with van der Waals surface area (Å²) in [7, 11) is 0. The zero-order chi connectivity index (χ0) is 18.8. The summed E-state index contributed by atoms with van der Waals surface area (Å²) >= 11 is 0. The maximum Gasteiger partial charge on any atom is 0.165 e. The molecular formula is C23H27NO2. The quantitative estimate of drug-likeness (QED) is 0.576. The second-order valence-corrected chi connectivity index (χ2v) is 7.71. The van der Waals surface area contributed by atoms with E-state index in [4.69, 9.17) is 0 Å². The molecule has 0 aliphatic heterocycles. The minimum Gasteiger partial charge on any atom is -0.508 e. The van der Waals surface area contributed by atoms with E-state index in [1.54, 1.807) is 12.1 Å². The molecule has 0 radical (unpaired) electrons. The Morgan fingerprint density at radius 3 is 2.35 bits per heavy atom. The average molecular weight is 349 g/mol. The molecule has 3 heteroatoms. The van der Waals surface area contributed by atoms with Crippen molar-refractivity contribution < 1.29 is 9.90 Å². The van der Waals surface area contributed by atoms with E-state index in [9.17, 15) is 9.90 Å². The van der Waals surface area contributed by atoms with Crippen LogP contribution >= 0.6 is 0 Å². The molecule has 0 unspecified atom stereocenters. The lowest BCUT2D eigenvalue weighted by molar-refractivity contribution is 0.0968. The summed E-state index contributed by atoms with van der Waals surface area (Å²) in [5.74, 6) is 0.862. The third kappa shape index (κ3) is 3.52. The van der Waals surface area contributed by atoms with Crippen molar-refractivity contribution in [1.29, 1.82) is 0 Å². The van der Waals surface area contributed by atoms with Crippen LogP contribution in [0, 0.1) is 5.92 Å². The van der Waals surface area contributed by atoms with Gasteiger partial charge in [0.2, 0.25) is 0 Å². The Morgan fingerprint density at radius 2 is 1.73 bits per heavy atom. The fourth-order valence-corrected chi connectivity index (χ4v) is 3.66. The predicted octanol–water partition coefficient (Wildman–Crippen LogP) is 5.75. The zero-order valence-corrected chi connectivity index (χ0v) is 16.0. The highest BCUT2D eigenvalue weighted by molar-refractivity contribution is 6.10. The summed E-state index contributed by atoms with van der Waals surface area (Å²) in [6, 6.07) is 15.6. The number of hydrogen-bond donors (Lipinski definition) is 1. The lowest BCUT2D eigenvalue weighted by atomic mass is 9.95. The predicted molar refractivity (Wildman–Crippen MR) is 107 cm³/mol. The molecule has 0 atom stereocenters. The van der Waals surface area contributed by atoms with E-state index in [0.717, 1.165) is 22.2 Å². The third-order valence-electron chi connectivity index (χ3n) is 4.69. The van der Waals surface area contributed by atoms with Crippen molar-refractivity contribution in [3.05, 3.63) is 65.4 Å². The van der Waals surface area contributed by atoms with Gasteiger partial charge >= 0.3 is 0 Å². The summed E-state index contributed by atoms with van der Waals surface area (Å²) < 4.78 is 2.24. The Morgan fingerprint density at radius 1 is 1.04 bits per heavy atom. The molecule has 0 spiro atoms. The molecule has 26 heavy (non-hydrogen) atoms. The third-order valence-corrected chi connectivity index (χ3v) is 4.69. The highest BCUT2D eigenvalue weighted by atomic mass is 16.3. The van der Waals surface area contributed by atoms with E-state index in [2.05, 4.69) is 44.4 Å². The summed E-state index contributed by atoms with van der Waals surface area (Å²) in [4.78, 5) is 13.1. The number of phenolic OH excluding ortho intramolecular Hbond substituents is 1. The van der Waals surface area contributed by atoms with Gasteiger partial charge in [0.15, 0.2) is 5.78 Å². The van der Waals surface area contributed by atoms with E-state index < -0.39 is 0 Å². The van der Waals surface area contributed by atoms with Crippen LogP contribution in [0.4, 0.5) is 0 Å². The van der Waals surface area contributed by atoms with Gasteiger partial charge < -0.3 is 9.67 Å². The van der Waals surface area contributed by atoms with Crippen LogP contribution in [0.3, 0.4) is 0 Å². The molecule has 0 saturated heterocycles. The highest BCUT2D eigenvalue weighted by Gasteiger charge is 2.25. The van der Waals surface area contributed by atoms with Crippen molar-refractivity contribution in [2.24, 2.45) is 5.92 Å². The van der Waals surface area contributed by atoms with E-state index in [-0.39, 0.29) is 17.5 Å². The van der Waals surface area contributed by atoms with Crippen molar-refractivity contribution in [2.75, 3.05) is 0 Å². The van der Waals surface area contributed by atoms with Gasteiger partial charge in [0.1, 0.15) is 5.75 Å². The van der Waals surface area contributed by atoms with Crippen LogP contribution in [0.5, 0.6) is 5.75 Å². The van der Waals surface area contributed by atoms with Gasteiger partial charge in [-0.05, 0) is 35.6 Å². The number of benzene rings is 2. The van der Waals surface area contributed by atoms with E-state index in [1.807, 2.05) is 24.3 Å². The van der Waals surface area contributed by atoms with E-state index >= 15 is 0 Å². The second kappa shape index (κ2) is 7.36. The summed E-state index contributed by atoms with van der Waals surface area (Å²) in [5.41, 5.74) is 4.03. The summed E-state index contributed by atoms with van der Waals surface area (Å²) in [5, 5.41) is 10.9. The van der Waals surface area contributed by atoms with Gasteiger partial charge in [-0.2, -0.15) is 0 Å². The number of aromatic hydroxyl groups is 1. The standard InChI is InChI=1S/C23H27NO2/c1-15(2)12-21(26)22-19-13-18(25)10-11-20(19)24(23(22)16(3)4)14-17-8-6-5-7-9-17/h5-11,13,15-16,25H,12,14H2,1-4H3. The zero-order valence-electron chi connectivity index (χ0n) is 16.0. The van der Waals surface area contributed by atoms with E-state index in [1.165, 1.54) is 5.56 Å². The first kappa shape index (κ1) is 18.2. The number of carbonyl (C=O) groups is 1. The molecule has 3 rings (SSSR count). The number of fused-ring (bicyclic) bond motifs is 1. The van der Waals surface area contributed by atoms with Crippen LogP contribution < -0.4 is 0 Å². The fraction of sp³-hybridized carbons (Fsp3) is 0.348. The van der Waals surface area contributed by atoms with Crippen LogP contribution in [0.25, 0.3) is 10.9 Å². The van der Waals surface area contributed by atoms with Gasteiger partial charge in [0.25, 0.3) is 0 Å². The topological polar surface area (TPSA) is 42.2 Å². The first-order chi connectivity index (χ1) is 12.4. The molecule has 3 aromatic rings. The monoisotopic (exact) mass is 349 g/mol. The number of Topliss-reactive ketones (excluding diaryl/α,β-unsaturated/α-hetero) is 1. The first-order valence-corrected chi connectivity index (χ1v) is 9.30. The molecule has 0 bridgehead atoms. The maximum atomic E-state index is 13.1. The number of nitrogens with zero attached hydrogens (tertiary/aromatic N) is 1. The molecule has 136 valence electrons. The van der Waals surface area contributed by atoms with Gasteiger partial charge in [-0.1, -0.05) is 58.0 Å². The molecule has 2 aromatic carbocycles. The van der Waals surface area contributed by atoms with E-state index in [0.29, 0.717) is 18.9 Å². The molecule has 0 amide bonds. The smallest absolute Gasteiger partial charge is 0.165 e. The number of rotatable bonds is 6. The van der Waals surface area contributed by atoms with Gasteiger partial charge in [-0.3, -0.25) is 4.79 Å². The molecule has 0 fully saturated rings. The summed E-state index contributed by atoms with van der Waals surface area (Å²) in [6.07, 6.45) is 0.514. The molecule has 0 aliphatic carbocycles. The second-order valence-electron chi connectivity index (χ2n) is 7.71. The van der Waals surface area contributed by atoms with Gasteiger partial charge in [-0.15, -0.1) is 0 Å². The minimum absolute atomic E-state index is 0.158. The van der Waals surface area contributed by atoms with Gasteiger partial charge in [0, 0.05) is 35.1 Å². The molecule has 1 heterocycles. The Kier molecular flexibility index (Phi) is 5.17. The van der Waals surface area contributed by atoms with Crippen molar-refractivity contribution in [3.63, 3.8) is 0 Å². The maximum absolute atomic E-state index is 13.1.